The molecule has 0 aliphatic carbocycles. The summed E-state index contributed by atoms with van der Waals surface area (Å²) in [5.74, 6) is 1.20. The Morgan fingerprint density at radius 3 is 1.57 bits per heavy atom. The fraction of sp³-hybridized carbons (Fsp3) is 0.923. The van der Waals surface area contributed by atoms with Gasteiger partial charge in [-0.25, -0.2) is 0 Å². The molecule has 0 aromatic heterocycles. The Bertz CT molecular complexity index is 406. The van der Waals surface area contributed by atoms with Crippen LogP contribution < -0.4 is 0 Å². The topological polar surface area (TPSA) is 52.6 Å². The SMILES string of the molecule is CCCCOC(=O)CCCCCCCCCCC(CCC(=O)OCCCC)C(C)C. The molecule has 0 saturated carbocycles. The van der Waals surface area contributed by atoms with Gasteiger partial charge in [0.15, 0.2) is 0 Å². The zero-order chi connectivity index (χ0) is 22.5. The summed E-state index contributed by atoms with van der Waals surface area (Å²) in [6.45, 7) is 9.90. The molecule has 4 nitrogen and oxygen atoms in total. The van der Waals surface area contributed by atoms with Crippen molar-refractivity contribution in [2.75, 3.05) is 13.2 Å². The molecule has 0 saturated heterocycles. The smallest absolute Gasteiger partial charge is 0.305 e. The van der Waals surface area contributed by atoms with E-state index >= 15 is 0 Å². The predicted molar refractivity (Wildman–Crippen MR) is 125 cm³/mol. The molecule has 0 spiro atoms. The minimum Gasteiger partial charge on any atom is -0.466 e. The third kappa shape index (κ3) is 18.9. The molecule has 0 radical (unpaired) electrons. The fourth-order valence-electron chi connectivity index (χ4n) is 3.66. The van der Waals surface area contributed by atoms with E-state index < -0.39 is 0 Å². The highest BCUT2D eigenvalue weighted by Gasteiger charge is 2.15. The second-order valence-corrected chi connectivity index (χ2v) is 9.06. The maximum Gasteiger partial charge on any atom is 0.305 e. The van der Waals surface area contributed by atoms with Crippen LogP contribution in [0, 0.1) is 11.8 Å². The second-order valence-electron chi connectivity index (χ2n) is 9.06. The summed E-state index contributed by atoms with van der Waals surface area (Å²) in [6, 6.07) is 0. The van der Waals surface area contributed by atoms with Crippen molar-refractivity contribution in [2.45, 2.75) is 130 Å². The third-order valence-corrected chi connectivity index (χ3v) is 5.89. The van der Waals surface area contributed by atoms with Crippen molar-refractivity contribution in [3.63, 3.8) is 0 Å². The van der Waals surface area contributed by atoms with Gasteiger partial charge in [0.1, 0.15) is 0 Å². The van der Waals surface area contributed by atoms with Crippen LogP contribution in [0.25, 0.3) is 0 Å². The quantitative estimate of drug-likeness (QED) is 0.140. The molecule has 0 rings (SSSR count). The van der Waals surface area contributed by atoms with Crippen molar-refractivity contribution in [1.29, 1.82) is 0 Å². The first-order valence-corrected chi connectivity index (χ1v) is 12.8. The van der Waals surface area contributed by atoms with E-state index in [0.717, 1.165) is 44.9 Å². The van der Waals surface area contributed by atoms with Crippen LogP contribution in [0.15, 0.2) is 0 Å². The molecule has 0 N–H and O–H groups in total. The standard InChI is InChI=1S/C26H50O4/c1-5-7-21-29-25(27)18-16-14-12-10-9-11-13-15-17-24(23(3)4)19-20-26(28)30-22-8-6-2/h23-24H,5-22H2,1-4H3. The number of unbranched alkanes of at least 4 members (excludes halogenated alkanes) is 9. The Morgan fingerprint density at radius 2 is 1.07 bits per heavy atom. The molecule has 4 heteroatoms. The average Bonchev–Trinajstić information content (AvgIpc) is 2.71. The highest BCUT2D eigenvalue weighted by Crippen LogP contribution is 2.24. The van der Waals surface area contributed by atoms with Crippen molar-refractivity contribution >= 4 is 11.9 Å². The van der Waals surface area contributed by atoms with Crippen LogP contribution in [-0.4, -0.2) is 25.2 Å². The Morgan fingerprint density at radius 1 is 0.600 bits per heavy atom. The highest BCUT2D eigenvalue weighted by atomic mass is 16.5. The molecule has 30 heavy (non-hydrogen) atoms. The summed E-state index contributed by atoms with van der Waals surface area (Å²) in [4.78, 5) is 23.3. The molecule has 1 atom stereocenters. The number of carbonyl (C=O) groups excluding carboxylic acids is 2. The van der Waals surface area contributed by atoms with Gasteiger partial charge in [-0.05, 0) is 37.5 Å². The van der Waals surface area contributed by atoms with E-state index in [1.807, 2.05) is 0 Å². The molecule has 0 aliphatic rings. The molecule has 1 unspecified atom stereocenters. The first-order valence-electron chi connectivity index (χ1n) is 12.8. The van der Waals surface area contributed by atoms with Gasteiger partial charge in [-0.1, -0.05) is 91.9 Å². The summed E-state index contributed by atoms with van der Waals surface area (Å²) in [5, 5.41) is 0. The van der Waals surface area contributed by atoms with Crippen LogP contribution in [-0.2, 0) is 19.1 Å². The minimum absolute atomic E-state index is 0.0247. The molecule has 0 amide bonds. The summed E-state index contributed by atoms with van der Waals surface area (Å²) in [7, 11) is 0. The number of ether oxygens (including phenoxy) is 2. The first-order chi connectivity index (χ1) is 14.5. The van der Waals surface area contributed by atoms with E-state index in [2.05, 4.69) is 27.7 Å². The normalized spacial score (nSPS) is 12.2. The lowest BCUT2D eigenvalue weighted by atomic mass is 9.86. The first kappa shape index (κ1) is 28.9. The van der Waals surface area contributed by atoms with Crippen molar-refractivity contribution in [3.05, 3.63) is 0 Å². The van der Waals surface area contributed by atoms with Crippen LogP contribution >= 0.6 is 0 Å². The summed E-state index contributed by atoms with van der Waals surface area (Å²) >= 11 is 0. The van der Waals surface area contributed by atoms with Gasteiger partial charge in [0, 0.05) is 12.8 Å². The number of carbonyl (C=O) groups is 2. The van der Waals surface area contributed by atoms with Gasteiger partial charge in [-0.2, -0.15) is 0 Å². The van der Waals surface area contributed by atoms with Gasteiger partial charge in [0.25, 0.3) is 0 Å². The van der Waals surface area contributed by atoms with Crippen LogP contribution in [0.3, 0.4) is 0 Å². The van der Waals surface area contributed by atoms with E-state index in [1.165, 1.54) is 44.9 Å². The van der Waals surface area contributed by atoms with E-state index in [-0.39, 0.29) is 11.9 Å². The van der Waals surface area contributed by atoms with E-state index in [0.29, 0.717) is 37.9 Å². The fourth-order valence-corrected chi connectivity index (χ4v) is 3.66. The summed E-state index contributed by atoms with van der Waals surface area (Å²) in [6.07, 6.45) is 17.1. The van der Waals surface area contributed by atoms with Crippen LogP contribution in [0.5, 0.6) is 0 Å². The molecule has 0 aliphatic heterocycles. The van der Waals surface area contributed by atoms with Crippen molar-refractivity contribution in [3.8, 4) is 0 Å². The Labute approximate surface area is 186 Å². The maximum absolute atomic E-state index is 11.8. The monoisotopic (exact) mass is 426 g/mol. The minimum atomic E-state index is -0.0302. The van der Waals surface area contributed by atoms with Gasteiger partial charge in [0.05, 0.1) is 13.2 Å². The van der Waals surface area contributed by atoms with Crippen LogP contribution in [0.4, 0.5) is 0 Å². The Hall–Kier alpha value is -1.06. The number of hydrogen-bond donors (Lipinski definition) is 0. The lowest BCUT2D eigenvalue weighted by Gasteiger charge is -2.20. The molecule has 0 aromatic carbocycles. The Kier molecular flexibility index (Phi) is 20.4. The highest BCUT2D eigenvalue weighted by molar-refractivity contribution is 5.69. The van der Waals surface area contributed by atoms with Crippen LogP contribution in [0.2, 0.25) is 0 Å². The number of esters is 2. The molecule has 0 aromatic rings. The van der Waals surface area contributed by atoms with Crippen LogP contribution in [0.1, 0.15) is 130 Å². The second kappa shape index (κ2) is 21.2. The van der Waals surface area contributed by atoms with E-state index in [1.54, 1.807) is 0 Å². The van der Waals surface area contributed by atoms with Crippen molar-refractivity contribution in [2.24, 2.45) is 11.8 Å². The molecule has 0 bridgehead atoms. The molecule has 178 valence electrons. The molecular weight excluding hydrogens is 376 g/mol. The van der Waals surface area contributed by atoms with Crippen molar-refractivity contribution < 1.29 is 19.1 Å². The number of rotatable bonds is 21. The summed E-state index contributed by atoms with van der Waals surface area (Å²) in [5.41, 5.74) is 0. The molecular formula is C26H50O4. The maximum atomic E-state index is 11.8. The van der Waals surface area contributed by atoms with E-state index in [4.69, 9.17) is 9.47 Å². The lowest BCUT2D eigenvalue weighted by Crippen LogP contribution is -2.13. The van der Waals surface area contributed by atoms with Gasteiger partial charge >= 0.3 is 11.9 Å². The third-order valence-electron chi connectivity index (χ3n) is 5.89. The molecule has 0 heterocycles. The molecule has 0 fully saturated rings. The average molecular weight is 427 g/mol. The zero-order valence-electron chi connectivity index (χ0n) is 20.5. The van der Waals surface area contributed by atoms with Gasteiger partial charge < -0.3 is 9.47 Å². The zero-order valence-corrected chi connectivity index (χ0v) is 20.5. The van der Waals surface area contributed by atoms with Gasteiger partial charge in [0.2, 0.25) is 0 Å². The van der Waals surface area contributed by atoms with Gasteiger partial charge in [-0.3, -0.25) is 9.59 Å². The van der Waals surface area contributed by atoms with Gasteiger partial charge in [-0.15, -0.1) is 0 Å². The lowest BCUT2D eigenvalue weighted by molar-refractivity contribution is -0.145. The predicted octanol–water partition coefficient (Wildman–Crippen LogP) is 7.63. The van der Waals surface area contributed by atoms with E-state index in [9.17, 15) is 9.59 Å². The largest absolute Gasteiger partial charge is 0.466 e. The number of hydrogen-bond acceptors (Lipinski definition) is 4. The summed E-state index contributed by atoms with van der Waals surface area (Å²) < 4.78 is 10.5. The van der Waals surface area contributed by atoms with Crippen molar-refractivity contribution in [1.82, 2.24) is 0 Å². The Balaban J connectivity index is 3.58.